The van der Waals surface area contributed by atoms with Gasteiger partial charge in [-0.2, -0.15) is 0 Å². The minimum atomic E-state index is -1.68. The van der Waals surface area contributed by atoms with Crippen molar-refractivity contribution < 1.29 is 29.4 Å². The molecule has 0 radical (unpaired) electrons. The number of ketones is 1. The number of fused-ring (bicyclic) bond motifs is 1. The number of benzene rings is 1. The smallest absolute Gasteiger partial charge is 0.237 e. The van der Waals surface area contributed by atoms with Gasteiger partial charge in [0.2, 0.25) is 11.7 Å². The molecule has 0 bridgehead atoms. The first kappa shape index (κ1) is 28.0. The van der Waals surface area contributed by atoms with E-state index in [9.17, 15) is 24.9 Å². The second-order valence-electron chi connectivity index (χ2n) is 10.3. The van der Waals surface area contributed by atoms with Crippen molar-refractivity contribution in [1.29, 1.82) is 0 Å². The van der Waals surface area contributed by atoms with Crippen molar-refractivity contribution in [3.05, 3.63) is 35.9 Å². The molecule has 8 N–H and O–H groups in total. The molecule has 1 amide bonds. The van der Waals surface area contributed by atoms with Crippen LogP contribution in [0.3, 0.4) is 0 Å². The summed E-state index contributed by atoms with van der Waals surface area (Å²) in [5.41, 5.74) is 8.84. The summed E-state index contributed by atoms with van der Waals surface area (Å²) in [6.45, 7) is 2.92. The number of hydrogen-bond donors (Lipinski definition) is 6. The Labute approximate surface area is 211 Å². The molecule has 1 aromatic rings. The number of Topliss-reactive ketones (excluding diaryl/α,β-unsaturated/α-hetero) is 1. The SMILES string of the molecule is CC(CO)CC1(O)C2SCC[N+]2(CC(=O)c2ccccc2)CC1(O)CNC(=O)[C@@H](N)CCCCN. The minimum Gasteiger partial charge on any atom is -0.396 e. The number of nitrogens with two attached hydrogens (primary N) is 2. The van der Waals surface area contributed by atoms with Crippen LogP contribution in [0.25, 0.3) is 0 Å². The molecule has 10 heteroatoms. The van der Waals surface area contributed by atoms with E-state index in [4.69, 9.17) is 11.5 Å². The van der Waals surface area contributed by atoms with Crippen LogP contribution in [0.1, 0.15) is 43.0 Å². The third kappa shape index (κ3) is 5.90. The van der Waals surface area contributed by atoms with Gasteiger partial charge in [0.05, 0.1) is 19.1 Å². The van der Waals surface area contributed by atoms with Gasteiger partial charge >= 0.3 is 0 Å². The van der Waals surface area contributed by atoms with Gasteiger partial charge in [-0.1, -0.05) is 55.4 Å². The normalized spacial score (nSPS) is 31.7. The number of carbonyl (C=O) groups is 2. The van der Waals surface area contributed by atoms with E-state index >= 15 is 0 Å². The highest BCUT2D eigenvalue weighted by atomic mass is 32.2. The number of rotatable bonds is 13. The highest BCUT2D eigenvalue weighted by molar-refractivity contribution is 8.00. The highest BCUT2D eigenvalue weighted by Crippen LogP contribution is 2.53. The topological polar surface area (TPSA) is 159 Å². The number of aliphatic hydroxyl groups is 3. The molecule has 196 valence electrons. The monoisotopic (exact) mass is 509 g/mol. The highest BCUT2D eigenvalue weighted by Gasteiger charge is 2.72. The molecule has 0 aromatic heterocycles. The van der Waals surface area contributed by atoms with E-state index in [1.807, 2.05) is 25.1 Å². The molecule has 2 fully saturated rings. The second-order valence-corrected chi connectivity index (χ2v) is 11.5. The summed E-state index contributed by atoms with van der Waals surface area (Å²) in [4.78, 5) is 25.8. The molecule has 2 aliphatic rings. The first-order valence-corrected chi connectivity index (χ1v) is 13.5. The van der Waals surface area contributed by atoms with Crippen LogP contribution >= 0.6 is 11.8 Å². The Bertz CT molecular complexity index is 877. The van der Waals surface area contributed by atoms with Gasteiger partial charge in [0, 0.05) is 17.9 Å². The number of nitrogens with one attached hydrogen (secondary N) is 1. The second kappa shape index (κ2) is 11.7. The van der Waals surface area contributed by atoms with Crippen LogP contribution in [-0.4, -0.2) is 99.2 Å². The Morgan fingerprint density at radius 2 is 1.97 bits per heavy atom. The van der Waals surface area contributed by atoms with E-state index < -0.39 is 22.6 Å². The van der Waals surface area contributed by atoms with Gasteiger partial charge in [-0.05, 0) is 31.7 Å². The largest absolute Gasteiger partial charge is 0.396 e. The Balaban J connectivity index is 1.83. The van der Waals surface area contributed by atoms with Crippen molar-refractivity contribution in [2.75, 3.05) is 45.1 Å². The van der Waals surface area contributed by atoms with E-state index in [1.165, 1.54) is 0 Å². The standard InChI is InChI=1S/C25H40N4O5S/c1-18(15-30)13-25(34)23-29(11-12-35-23,14-21(31)19-7-3-2-4-8-19)17-24(25,33)16-28-22(32)20(27)9-5-6-10-26/h2-4,7-8,18,20,23,30,33-34H,5-6,9-17,26-27H2,1H3/p+1/t18?,20-,23?,24?,25?,29?/m0/s1. The van der Waals surface area contributed by atoms with Gasteiger partial charge in [-0.15, -0.1) is 0 Å². The molecule has 1 aromatic carbocycles. The molecular formula is C25H41N4O5S+. The Morgan fingerprint density at radius 3 is 2.63 bits per heavy atom. The predicted octanol–water partition coefficient (Wildman–Crippen LogP) is -0.174. The molecule has 2 heterocycles. The average Bonchev–Trinajstić information content (AvgIpc) is 3.32. The van der Waals surface area contributed by atoms with Crippen molar-refractivity contribution >= 4 is 23.5 Å². The molecule has 35 heavy (non-hydrogen) atoms. The molecule has 9 nitrogen and oxygen atoms in total. The molecule has 2 aliphatic heterocycles. The lowest BCUT2D eigenvalue weighted by atomic mass is 9.79. The van der Waals surface area contributed by atoms with Gasteiger partial charge < -0.3 is 36.6 Å². The maximum absolute atomic E-state index is 13.2. The lowest BCUT2D eigenvalue weighted by molar-refractivity contribution is -0.916. The van der Waals surface area contributed by atoms with Crippen molar-refractivity contribution in [2.24, 2.45) is 17.4 Å². The maximum Gasteiger partial charge on any atom is 0.237 e. The van der Waals surface area contributed by atoms with E-state index in [2.05, 4.69) is 5.32 Å². The Kier molecular flexibility index (Phi) is 9.36. The number of thioether (sulfide) groups is 1. The Morgan fingerprint density at radius 1 is 1.26 bits per heavy atom. The van der Waals surface area contributed by atoms with Gasteiger partial charge in [0.25, 0.3) is 0 Å². The summed E-state index contributed by atoms with van der Waals surface area (Å²) in [5, 5.41) is 36.0. The summed E-state index contributed by atoms with van der Waals surface area (Å²) < 4.78 is 0.238. The molecular weight excluding hydrogens is 468 g/mol. The van der Waals surface area contributed by atoms with Gasteiger partial charge in [0.15, 0.2) is 16.6 Å². The minimum absolute atomic E-state index is 0.0501. The molecule has 2 saturated heterocycles. The van der Waals surface area contributed by atoms with Gasteiger partial charge in [0.1, 0.15) is 13.1 Å². The number of amides is 1. The fraction of sp³-hybridized carbons (Fsp3) is 0.680. The van der Waals surface area contributed by atoms with E-state index in [0.717, 1.165) is 18.6 Å². The maximum atomic E-state index is 13.2. The van der Waals surface area contributed by atoms with E-state index in [0.29, 0.717) is 25.1 Å². The first-order valence-electron chi connectivity index (χ1n) is 12.5. The molecule has 6 atom stereocenters. The third-order valence-corrected chi connectivity index (χ3v) is 9.06. The van der Waals surface area contributed by atoms with Crippen LogP contribution in [0.2, 0.25) is 0 Å². The summed E-state index contributed by atoms with van der Waals surface area (Å²) in [7, 11) is 0. The zero-order valence-corrected chi connectivity index (χ0v) is 21.4. The molecule has 0 spiro atoms. The van der Waals surface area contributed by atoms with Crippen LogP contribution in [-0.2, 0) is 4.79 Å². The summed E-state index contributed by atoms with van der Waals surface area (Å²) in [5.74, 6) is 0.0362. The predicted molar refractivity (Wildman–Crippen MR) is 137 cm³/mol. The Hall–Kier alpha value is -1.53. The number of hydrogen-bond acceptors (Lipinski definition) is 8. The van der Waals surface area contributed by atoms with Crippen LogP contribution in [0.15, 0.2) is 30.3 Å². The van der Waals surface area contributed by atoms with Crippen molar-refractivity contribution in [2.45, 2.75) is 55.2 Å². The lowest BCUT2D eigenvalue weighted by Crippen LogP contribution is -2.62. The van der Waals surface area contributed by atoms with Gasteiger partial charge in [-0.3, -0.25) is 9.59 Å². The van der Waals surface area contributed by atoms with E-state index in [-0.39, 0.29) is 54.8 Å². The summed E-state index contributed by atoms with van der Waals surface area (Å²) in [6.07, 6.45) is 2.14. The van der Waals surface area contributed by atoms with Crippen LogP contribution in [0.4, 0.5) is 0 Å². The van der Waals surface area contributed by atoms with Gasteiger partial charge in [-0.25, -0.2) is 0 Å². The lowest BCUT2D eigenvalue weighted by Gasteiger charge is -2.39. The number of quaternary nitrogens is 1. The molecule has 0 aliphatic carbocycles. The third-order valence-electron chi connectivity index (χ3n) is 7.49. The van der Waals surface area contributed by atoms with Crippen molar-refractivity contribution in [3.63, 3.8) is 0 Å². The molecule has 5 unspecified atom stereocenters. The van der Waals surface area contributed by atoms with Crippen molar-refractivity contribution in [1.82, 2.24) is 5.32 Å². The first-order chi connectivity index (χ1) is 16.6. The van der Waals surface area contributed by atoms with Crippen molar-refractivity contribution in [3.8, 4) is 0 Å². The zero-order chi connectivity index (χ0) is 25.7. The number of aliphatic hydroxyl groups excluding tert-OH is 1. The van der Waals surface area contributed by atoms with Crippen LogP contribution < -0.4 is 16.8 Å². The fourth-order valence-electron chi connectivity index (χ4n) is 5.58. The van der Waals surface area contributed by atoms with Crippen LogP contribution in [0.5, 0.6) is 0 Å². The molecule has 3 rings (SSSR count). The number of nitrogens with zero attached hydrogens (tertiary/aromatic N) is 1. The van der Waals surface area contributed by atoms with E-state index in [1.54, 1.807) is 23.9 Å². The molecule has 0 saturated carbocycles. The summed E-state index contributed by atoms with van der Waals surface area (Å²) in [6, 6.07) is 8.30. The van der Waals surface area contributed by atoms with Crippen LogP contribution in [0, 0.1) is 5.92 Å². The zero-order valence-electron chi connectivity index (χ0n) is 20.6. The number of unbranched alkanes of at least 4 members (excludes halogenated alkanes) is 1. The summed E-state index contributed by atoms with van der Waals surface area (Å²) >= 11 is 1.54. The number of carbonyl (C=O) groups excluding carboxylic acids is 2. The fourth-order valence-corrected chi connectivity index (χ4v) is 7.44. The quantitative estimate of drug-likeness (QED) is 0.121. The average molecular weight is 510 g/mol.